The fourth-order valence-electron chi connectivity index (χ4n) is 2.11. The van der Waals surface area contributed by atoms with Crippen molar-refractivity contribution in [1.82, 2.24) is 9.78 Å². The van der Waals surface area contributed by atoms with Gasteiger partial charge in [-0.15, -0.1) is 0 Å². The van der Waals surface area contributed by atoms with E-state index in [1.807, 2.05) is 4.68 Å². The molecule has 2 aromatic rings. The van der Waals surface area contributed by atoms with E-state index in [0.717, 1.165) is 30.6 Å². The Kier molecular flexibility index (Phi) is 4.15. The van der Waals surface area contributed by atoms with Gasteiger partial charge in [0.2, 0.25) is 0 Å². The second-order valence-corrected chi connectivity index (χ2v) is 4.67. The van der Waals surface area contributed by atoms with E-state index in [0.29, 0.717) is 0 Å². The van der Waals surface area contributed by atoms with Crippen LogP contribution in [-0.2, 0) is 19.6 Å². The Balaban J connectivity index is 2.22. The van der Waals surface area contributed by atoms with Crippen molar-refractivity contribution in [2.45, 2.75) is 39.8 Å². The van der Waals surface area contributed by atoms with Gasteiger partial charge in [0.25, 0.3) is 0 Å². The monoisotopic (exact) mass is 244 g/mol. The van der Waals surface area contributed by atoms with E-state index in [2.05, 4.69) is 43.2 Å². The maximum absolute atomic E-state index is 9.31. The van der Waals surface area contributed by atoms with Crippen LogP contribution in [0.3, 0.4) is 0 Å². The lowest BCUT2D eigenvalue weighted by Gasteiger charge is -2.08. The topological polar surface area (TPSA) is 38.1 Å². The van der Waals surface area contributed by atoms with Crippen LogP contribution in [0.15, 0.2) is 30.5 Å². The molecule has 96 valence electrons. The number of aryl methyl sites for hydroxylation is 1. The molecule has 0 aliphatic rings. The van der Waals surface area contributed by atoms with Crippen LogP contribution in [0.2, 0.25) is 0 Å². The summed E-state index contributed by atoms with van der Waals surface area (Å²) in [7, 11) is 0. The van der Waals surface area contributed by atoms with Crippen LogP contribution in [-0.4, -0.2) is 14.9 Å². The molecule has 0 atom stereocenters. The highest BCUT2D eigenvalue weighted by atomic mass is 16.3. The van der Waals surface area contributed by atoms with Gasteiger partial charge in [0.1, 0.15) is 0 Å². The van der Waals surface area contributed by atoms with E-state index in [4.69, 9.17) is 0 Å². The van der Waals surface area contributed by atoms with Crippen LogP contribution in [0.5, 0.6) is 0 Å². The number of nitrogens with zero attached hydrogens (tertiary/aromatic N) is 2. The first-order chi connectivity index (χ1) is 8.74. The average molecular weight is 244 g/mol. The maximum atomic E-state index is 9.31. The highest BCUT2D eigenvalue weighted by Gasteiger charge is 2.09. The van der Waals surface area contributed by atoms with Crippen molar-refractivity contribution in [3.63, 3.8) is 0 Å². The molecule has 0 unspecified atom stereocenters. The van der Waals surface area contributed by atoms with Crippen LogP contribution >= 0.6 is 0 Å². The fraction of sp³-hybridized carbons (Fsp3) is 0.400. The minimum absolute atomic E-state index is 0.0726. The van der Waals surface area contributed by atoms with Crippen molar-refractivity contribution in [3.05, 3.63) is 52.8 Å². The zero-order valence-electron chi connectivity index (χ0n) is 11.1. The largest absolute Gasteiger partial charge is 0.392 e. The Morgan fingerprint density at radius 2 is 1.94 bits per heavy atom. The molecule has 1 N–H and O–H groups in total. The molecule has 3 nitrogen and oxygen atoms in total. The zero-order valence-corrected chi connectivity index (χ0v) is 11.1. The summed E-state index contributed by atoms with van der Waals surface area (Å²) in [5.41, 5.74) is 4.61. The predicted octanol–water partition coefficient (Wildman–Crippen LogP) is 2.68. The summed E-state index contributed by atoms with van der Waals surface area (Å²) in [6, 6.07) is 8.49. The second-order valence-electron chi connectivity index (χ2n) is 4.67. The Bertz CT molecular complexity index is 500. The van der Waals surface area contributed by atoms with Crippen molar-refractivity contribution in [1.29, 1.82) is 0 Å². The fourth-order valence-corrected chi connectivity index (χ4v) is 2.11. The number of hydrogen-bond donors (Lipinski definition) is 1. The summed E-state index contributed by atoms with van der Waals surface area (Å²) in [6.07, 6.45) is 3.80. The smallest absolute Gasteiger partial charge is 0.0715 e. The van der Waals surface area contributed by atoms with Gasteiger partial charge in [0.05, 0.1) is 19.3 Å². The van der Waals surface area contributed by atoms with Gasteiger partial charge in [-0.2, -0.15) is 5.10 Å². The molecule has 0 aliphatic heterocycles. The van der Waals surface area contributed by atoms with Gasteiger partial charge in [-0.25, -0.2) is 0 Å². The first-order valence-corrected chi connectivity index (χ1v) is 6.44. The second kappa shape index (κ2) is 5.83. The average Bonchev–Trinajstić information content (AvgIpc) is 2.75. The van der Waals surface area contributed by atoms with Crippen molar-refractivity contribution < 1.29 is 5.11 Å². The quantitative estimate of drug-likeness (QED) is 0.878. The van der Waals surface area contributed by atoms with E-state index < -0.39 is 0 Å². The standard InChI is InChI=1S/C15H20N2O/c1-3-4-15-14(11-18)9-16-17(15)10-13-7-5-12(2)6-8-13/h5-9,18H,3-4,10-11H2,1-2H3. The number of benzene rings is 1. The molecule has 0 aliphatic carbocycles. The van der Waals surface area contributed by atoms with E-state index in [1.54, 1.807) is 6.20 Å². The van der Waals surface area contributed by atoms with Crippen LogP contribution in [0.4, 0.5) is 0 Å². The van der Waals surface area contributed by atoms with Gasteiger partial charge in [-0.3, -0.25) is 4.68 Å². The maximum Gasteiger partial charge on any atom is 0.0715 e. The Morgan fingerprint density at radius 1 is 1.22 bits per heavy atom. The first-order valence-electron chi connectivity index (χ1n) is 6.44. The van der Waals surface area contributed by atoms with Crippen molar-refractivity contribution in [2.24, 2.45) is 0 Å². The van der Waals surface area contributed by atoms with Crippen LogP contribution < -0.4 is 0 Å². The third-order valence-corrected chi connectivity index (χ3v) is 3.15. The molecule has 0 radical (unpaired) electrons. The van der Waals surface area contributed by atoms with E-state index >= 15 is 0 Å². The minimum Gasteiger partial charge on any atom is -0.392 e. The number of hydrogen-bond acceptors (Lipinski definition) is 2. The number of aromatic nitrogens is 2. The van der Waals surface area contributed by atoms with Crippen molar-refractivity contribution in [2.75, 3.05) is 0 Å². The summed E-state index contributed by atoms with van der Waals surface area (Å²) < 4.78 is 2.00. The molecule has 1 aromatic heterocycles. The molecule has 0 saturated heterocycles. The predicted molar refractivity (Wildman–Crippen MR) is 72.4 cm³/mol. The number of aliphatic hydroxyl groups is 1. The molecule has 0 saturated carbocycles. The SMILES string of the molecule is CCCc1c(CO)cnn1Cc1ccc(C)cc1. The lowest BCUT2D eigenvalue weighted by atomic mass is 10.1. The van der Waals surface area contributed by atoms with Crippen LogP contribution in [0.1, 0.15) is 35.7 Å². The van der Waals surface area contributed by atoms with E-state index in [-0.39, 0.29) is 6.61 Å². The van der Waals surface area contributed by atoms with Crippen molar-refractivity contribution in [3.8, 4) is 0 Å². The Hall–Kier alpha value is -1.61. The minimum atomic E-state index is 0.0726. The summed E-state index contributed by atoms with van der Waals surface area (Å²) in [6.45, 7) is 5.08. The summed E-state index contributed by atoms with van der Waals surface area (Å²) in [4.78, 5) is 0. The molecule has 0 spiro atoms. The van der Waals surface area contributed by atoms with E-state index in [9.17, 15) is 5.11 Å². The molecular weight excluding hydrogens is 224 g/mol. The highest BCUT2D eigenvalue weighted by molar-refractivity contribution is 5.23. The molecule has 2 rings (SSSR count). The summed E-state index contributed by atoms with van der Waals surface area (Å²) in [5, 5.41) is 13.7. The molecular formula is C15H20N2O. The normalized spacial score (nSPS) is 10.8. The van der Waals surface area contributed by atoms with Gasteiger partial charge in [0.15, 0.2) is 0 Å². The number of rotatable bonds is 5. The van der Waals surface area contributed by atoms with Gasteiger partial charge < -0.3 is 5.11 Å². The van der Waals surface area contributed by atoms with Gasteiger partial charge >= 0.3 is 0 Å². The van der Waals surface area contributed by atoms with E-state index in [1.165, 1.54) is 11.1 Å². The first kappa shape index (κ1) is 12.8. The summed E-state index contributed by atoms with van der Waals surface area (Å²) in [5.74, 6) is 0. The Morgan fingerprint density at radius 3 is 2.56 bits per heavy atom. The molecule has 1 aromatic carbocycles. The lowest BCUT2D eigenvalue weighted by Crippen LogP contribution is -2.07. The van der Waals surface area contributed by atoms with Crippen LogP contribution in [0.25, 0.3) is 0 Å². The molecule has 0 amide bonds. The number of aliphatic hydroxyl groups excluding tert-OH is 1. The Labute approximate surface area is 108 Å². The highest BCUT2D eigenvalue weighted by Crippen LogP contribution is 2.14. The lowest BCUT2D eigenvalue weighted by molar-refractivity contribution is 0.280. The third kappa shape index (κ3) is 2.79. The molecule has 0 fully saturated rings. The molecule has 3 heteroatoms. The summed E-state index contributed by atoms with van der Waals surface area (Å²) >= 11 is 0. The van der Waals surface area contributed by atoms with Crippen molar-refractivity contribution >= 4 is 0 Å². The van der Waals surface area contributed by atoms with Gasteiger partial charge in [-0.1, -0.05) is 43.2 Å². The molecule has 18 heavy (non-hydrogen) atoms. The molecule has 1 heterocycles. The third-order valence-electron chi connectivity index (χ3n) is 3.15. The van der Waals surface area contributed by atoms with Gasteiger partial charge in [-0.05, 0) is 18.9 Å². The molecule has 0 bridgehead atoms. The van der Waals surface area contributed by atoms with Crippen LogP contribution in [0, 0.1) is 6.92 Å². The zero-order chi connectivity index (χ0) is 13.0. The van der Waals surface area contributed by atoms with Gasteiger partial charge in [0, 0.05) is 11.3 Å².